The van der Waals surface area contributed by atoms with Crippen LogP contribution in [0, 0.1) is 0 Å². The Bertz CT molecular complexity index is 1470. The molecule has 2 heterocycles. The van der Waals surface area contributed by atoms with Crippen molar-refractivity contribution in [2.75, 3.05) is 12.4 Å². The van der Waals surface area contributed by atoms with E-state index in [2.05, 4.69) is 10.6 Å². The average molecular weight is 485 g/mol. The van der Waals surface area contributed by atoms with Gasteiger partial charge >= 0.3 is 5.97 Å². The van der Waals surface area contributed by atoms with Crippen molar-refractivity contribution < 1.29 is 19.1 Å². The molecule has 6 rings (SSSR count). The van der Waals surface area contributed by atoms with Gasteiger partial charge in [0, 0.05) is 4.88 Å². The van der Waals surface area contributed by atoms with Gasteiger partial charge in [0.2, 0.25) is 0 Å². The molecule has 1 aromatic heterocycles. The van der Waals surface area contributed by atoms with Gasteiger partial charge in [0.1, 0.15) is 11.2 Å². The van der Waals surface area contributed by atoms with Crippen LogP contribution in [0.15, 0.2) is 60.7 Å². The van der Waals surface area contributed by atoms with Crippen molar-refractivity contribution in [3.8, 4) is 11.5 Å². The third kappa shape index (κ3) is 3.82. The minimum Gasteiger partial charge on any atom is -0.493 e. The highest BCUT2D eigenvalue weighted by Crippen LogP contribution is 2.42. The van der Waals surface area contributed by atoms with E-state index in [0.29, 0.717) is 17.1 Å². The summed E-state index contributed by atoms with van der Waals surface area (Å²) in [6.07, 6.45) is 3.91. The molecule has 2 N–H and O–H groups in total. The number of carbonyl (C=O) groups excluding carboxylic acids is 2. The minimum absolute atomic E-state index is 0.0476. The molecule has 35 heavy (non-hydrogen) atoms. The van der Waals surface area contributed by atoms with E-state index in [1.807, 2.05) is 42.5 Å². The zero-order valence-corrected chi connectivity index (χ0v) is 20.0. The molecule has 1 aliphatic carbocycles. The fraction of sp³-hybridized carbons (Fsp3) is 0.214. The van der Waals surface area contributed by atoms with Crippen LogP contribution in [0.5, 0.6) is 11.5 Å². The van der Waals surface area contributed by atoms with Crippen LogP contribution in [0.25, 0.3) is 10.8 Å². The number of anilines is 1. The summed E-state index contributed by atoms with van der Waals surface area (Å²) in [6, 6.07) is 18.6. The number of aryl methyl sites for hydroxylation is 1. The summed E-state index contributed by atoms with van der Waals surface area (Å²) in [6.45, 7) is 0. The average Bonchev–Trinajstić information content (AvgIpc) is 3.27. The van der Waals surface area contributed by atoms with Gasteiger partial charge in [0.15, 0.2) is 11.5 Å². The number of rotatable bonds is 4. The number of methoxy groups -OCH3 is 1. The Morgan fingerprint density at radius 3 is 2.69 bits per heavy atom. The highest BCUT2D eigenvalue weighted by Gasteiger charge is 2.32. The standard InChI is InChI=1S/C28H24N2O4S/c1-33-22-15-17(25-29-26(31)24-20-10-4-5-12-23(20)35-27(24)30-25)13-14-21(22)34-28(32)19-11-6-8-16-7-2-3-9-18(16)19/h2-3,6-9,11,13-15,25,30H,4-5,10,12H2,1H3,(H,29,31). The second-order valence-corrected chi connectivity index (χ2v) is 9.90. The van der Waals surface area contributed by atoms with E-state index in [-0.39, 0.29) is 5.91 Å². The molecule has 0 saturated carbocycles. The van der Waals surface area contributed by atoms with E-state index in [1.54, 1.807) is 29.5 Å². The third-order valence-electron chi connectivity index (χ3n) is 6.68. The fourth-order valence-corrected chi connectivity index (χ4v) is 6.27. The van der Waals surface area contributed by atoms with E-state index in [0.717, 1.165) is 46.2 Å². The van der Waals surface area contributed by atoms with Crippen LogP contribution in [0.2, 0.25) is 0 Å². The predicted octanol–water partition coefficient (Wildman–Crippen LogP) is 5.86. The van der Waals surface area contributed by atoms with Gasteiger partial charge in [-0.15, -0.1) is 11.3 Å². The Balaban J connectivity index is 1.27. The zero-order valence-electron chi connectivity index (χ0n) is 19.2. The molecule has 1 aliphatic heterocycles. The molecule has 4 aromatic rings. The van der Waals surface area contributed by atoms with Crippen LogP contribution in [-0.2, 0) is 12.8 Å². The molecule has 3 aromatic carbocycles. The first-order valence-corrected chi connectivity index (χ1v) is 12.5. The Hall–Kier alpha value is -3.84. The number of thiophene rings is 1. The maximum atomic E-state index is 13.0. The van der Waals surface area contributed by atoms with Crippen molar-refractivity contribution in [3.05, 3.63) is 87.8 Å². The minimum atomic E-state index is -0.453. The second-order valence-electron chi connectivity index (χ2n) is 8.79. The van der Waals surface area contributed by atoms with Crippen molar-refractivity contribution in [3.63, 3.8) is 0 Å². The Morgan fingerprint density at radius 2 is 1.80 bits per heavy atom. The number of fused-ring (bicyclic) bond motifs is 4. The summed E-state index contributed by atoms with van der Waals surface area (Å²) in [7, 11) is 1.53. The number of nitrogens with one attached hydrogen (secondary N) is 2. The van der Waals surface area contributed by atoms with Crippen molar-refractivity contribution >= 4 is 39.0 Å². The summed E-state index contributed by atoms with van der Waals surface area (Å²) < 4.78 is 11.3. The molecule has 1 atom stereocenters. The van der Waals surface area contributed by atoms with Gasteiger partial charge in [-0.3, -0.25) is 4.79 Å². The summed E-state index contributed by atoms with van der Waals surface area (Å²) in [5.74, 6) is 0.242. The van der Waals surface area contributed by atoms with Crippen molar-refractivity contribution in [1.29, 1.82) is 0 Å². The first-order chi connectivity index (χ1) is 17.1. The lowest BCUT2D eigenvalue weighted by Gasteiger charge is -2.27. The van der Waals surface area contributed by atoms with Crippen LogP contribution in [-0.4, -0.2) is 19.0 Å². The normalized spacial score (nSPS) is 16.6. The molecule has 6 nitrogen and oxygen atoms in total. The number of carbonyl (C=O) groups is 2. The number of hydrogen-bond acceptors (Lipinski definition) is 6. The Morgan fingerprint density at radius 1 is 0.971 bits per heavy atom. The molecule has 2 aliphatic rings. The van der Waals surface area contributed by atoms with E-state index in [1.165, 1.54) is 24.0 Å². The molecular weight excluding hydrogens is 460 g/mol. The number of amides is 1. The summed E-state index contributed by atoms with van der Waals surface area (Å²) in [5, 5.41) is 9.29. The predicted molar refractivity (Wildman–Crippen MR) is 137 cm³/mol. The topological polar surface area (TPSA) is 76.7 Å². The molecule has 0 radical (unpaired) electrons. The van der Waals surface area contributed by atoms with Gasteiger partial charge in [-0.25, -0.2) is 4.79 Å². The lowest BCUT2D eigenvalue weighted by Crippen LogP contribution is -2.38. The van der Waals surface area contributed by atoms with Crippen LogP contribution < -0.4 is 20.1 Å². The van der Waals surface area contributed by atoms with E-state index >= 15 is 0 Å². The van der Waals surface area contributed by atoms with Gasteiger partial charge < -0.3 is 20.1 Å². The van der Waals surface area contributed by atoms with Crippen molar-refractivity contribution in [2.24, 2.45) is 0 Å². The molecule has 1 unspecified atom stereocenters. The molecule has 0 spiro atoms. The maximum absolute atomic E-state index is 13.0. The SMILES string of the molecule is COc1cc(C2NC(=O)c3c(sc4c3CCCC4)N2)ccc1OC(=O)c1cccc2ccccc12. The van der Waals surface area contributed by atoms with Gasteiger partial charge in [0.05, 0.1) is 18.2 Å². The molecule has 0 bridgehead atoms. The molecule has 7 heteroatoms. The first kappa shape index (κ1) is 21.7. The van der Waals surface area contributed by atoms with Crippen LogP contribution in [0.3, 0.4) is 0 Å². The van der Waals surface area contributed by atoms with Crippen LogP contribution in [0.4, 0.5) is 5.00 Å². The van der Waals surface area contributed by atoms with Crippen molar-refractivity contribution in [1.82, 2.24) is 5.32 Å². The molecule has 0 saturated heterocycles. The Labute approximate surface area is 206 Å². The van der Waals surface area contributed by atoms with Gasteiger partial charge in [-0.05, 0) is 65.8 Å². The van der Waals surface area contributed by atoms with Crippen molar-refractivity contribution in [2.45, 2.75) is 31.8 Å². The van der Waals surface area contributed by atoms with E-state index in [4.69, 9.17) is 9.47 Å². The highest BCUT2D eigenvalue weighted by molar-refractivity contribution is 7.16. The lowest BCUT2D eigenvalue weighted by atomic mass is 9.94. The molecular formula is C28H24N2O4S. The zero-order chi connectivity index (χ0) is 23.9. The van der Waals surface area contributed by atoms with Gasteiger partial charge in [-0.1, -0.05) is 42.5 Å². The monoisotopic (exact) mass is 484 g/mol. The largest absolute Gasteiger partial charge is 0.493 e. The summed E-state index contributed by atoms with van der Waals surface area (Å²) in [4.78, 5) is 27.3. The quantitative estimate of drug-likeness (QED) is 0.280. The van der Waals surface area contributed by atoms with Crippen LogP contribution in [0.1, 0.15) is 55.7 Å². The summed E-state index contributed by atoms with van der Waals surface area (Å²) in [5.41, 5.74) is 3.31. The highest BCUT2D eigenvalue weighted by atomic mass is 32.1. The molecule has 1 amide bonds. The van der Waals surface area contributed by atoms with Gasteiger partial charge in [0.25, 0.3) is 5.91 Å². The third-order valence-corrected chi connectivity index (χ3v) is 7.91. The molecule has 0 fully saturated rings. The first-order valence-electron chi connectivity index (χ1n) is 11.7. The maximum Gasteiger partial charge on any atom is 0.344 e. The molecule has 176 valence electrons. The smallest absolute Gasteiger partial charge is 0.344 e. The fourth-order valence-electron chi connectivity index (χ4n) is 4.95. The summed E-state index contributed by atoms with van der Waals surface area (Å²) >= 11 is 1.69. The van der Waals surface area contributed by atoms with E-state index in [9.17, 15) is 9.59 Å². The number of hydrogen-bond donors (Lipinski definition) is 2. The number of ether oxygens (including phenoxy) is 2. The lowest BCUT2D eigenvalue weighted by molar-refractivity contribution is 0.0731. The van der Waals surface area contributed by atoms with E-state index < -0.39 is 12.1 Å². The van der Waals surface area contributed by atoms with Crippen LogP contribution >= 0.6 is 11.3 Å². The van der Waals surface area contributed by atoms with Gasteiger partial charge in [-0.2, -0.15) is 0 Å². The second kappa shape index (κ2) is 8.74. The number of benzene rings is 3. The Kier molecular flexibility index (Phi) is 5.41. The number of esters is 1.